The van der Waals surface area contributed by atoms with E-state index in [1.807, 2.05) is 104 Å². The molecule has 5 atom stereocenters. The van der Waals surface area contributed by atoms with Crippen LogP contribution in [0.5, 0.6) is 0 Å². The van der Waals surface area contributed by atoms with Crippen molar-refractivity contribution in [1.29, 1.82) is 0 Å². The van der Waals surface area contributed by atoms with Crippen LogP contribution >= 0.6 is 15.9 Å². The first-order chi connectivity index (χ1) is 26.4. The average molecular weight is 824 g/mol. The molecule has 55 heavy (non-hydrogen) atoms. The number of fused-ring (bicyclic) bond motifs is 4. The molecular weight excluding hydrogens is 779 g/mol. The predicted octanol–water partition coefficient (Wildman–Crippen LogP) is 7.77. The number of carbonyl (C=O) groups is 3. The van der Waals surface area contributed by atoms with E-state index in [-0.39, 0.29) is 43.7 Å². The summed E-state index contributed by atoms with van der Waals surface area (Å²) in [6, 6.07) is 28.4. The maximum Gasteiger partial charge on any atom is 0.264 e. The van der Waals surface area contributed by atoms with Gasteiger partial charge >= 0.3 is 0 Å². The Morgan fingerprint density at radius 2 is 1.76 bits per heavy atom. The zero-order valence-corrected chi connectivity index (χ0v) is 33.6. The number of anilines is 2. The number of aliphatic hydroxyl groups excluding tert-OH is 1. The van der Waals surface area contributed by atoms with Gasteiger partial charge in [-0.25, -0.2) is 0 Å². The molecule has 8 rings (SSSR count). The van der Waals surface area contributed by atoms with Gasteiger partial charge in [0, 0.05) is 50.8 Å². The third-order valence-corrected chi connectivity index (χ3v) is 14.7. The number of para-hydroxylation sites is 1. The maximum atomic E-state index is 16.5. The van der Waals surface area contributed by atoms with E-state index in [1.54, 1.807) is 22.9 Å². The van der Waals surface area contributed by atoms with Gasteiger partial charge in [-0.3, -0.25) is 14.4 Å². The van der Waals surface area contributed by atoms with Crippen LogP contribution in [0.2, 0.25) is 18.6 Å². The fourth-order valence-electron chi connectivity index (χ4n) is 9.24. The SMILES string of the molecule is C[C@H]1[C@H]([Si](C)(C)F)[C@@H](CC(=O)N2Cc3ccccc3C[C@H]2CO)O[C@]12C(=O)N(Cc1ccc(NC(=O)Cc3c[nH]c4ccccc34)cc1)c1ccc(Br)cc12. The highest BCUT2D eigenvalue weighted by atomic mass is 79.9. The standard InChI is InChI=1S/C43H44BrFN4O5Si/c1-26-41(55(2,3)45)38(21-40(52)48-24-29-9-5-4-8-28(29)18-33(48)25-50)54-43(26)35-20-31(44)14-17-37(35)49(42(43)53)23-27-12-15-32(16-13-27)47-39(51)19-30-22-46-36-11-7-6-10-34(30)36/h4-17,20,22,26,33,38,41,46,50H,18-19,21,23-25H2,1-3H3,(H,47,51)/t26-,33-,38+,41-,43+/m0/s1. The van der Waals surface area contributed by atoms with E-state index >= 15 is 4.11 Å². The van der Waals surface area contributed by atoms with Crippen LogP contribution in [0.15, 0.2) is 102 Å². The fraction of sp³-hybridized carbons (Fsp3) is 0.326. The number of carbonyl (C=O) groups excluding carboxylic acids is 3. The zero-order valence-electron chi connectivity index (χ0n) is 31.0. The van der Waals surface area contributed by atoms with Gasteiger partial charge < -0.3 is 34.1 Å². The van der Waals surface area contributed by atoms with Gasteiger partial charge in [-0.05, 0) is 78.2 Å². The molecule has 3 amide bonds. The highest BCUT2D eigenvalue weighted by molar-refractivity contribution is 9.10. The van der Waals surface area contributed by atoms with Crippen LogP contribution < -0.4 is 10.2 Å². The molecule has 1 aromatic heterocycles. The lowest BCUT2D eigenvalue weighted by molar-refractivity contribution is -0.151. The third kappa shape index (κ3) is 6.72. The second-order valence-corrected chi connectivity index (χ2v) is 20.4. The van der Waals surface area contributed by atoms with Gasteiger partial charge in [0.15, 0.2) is 5.60 Å². The number of aliphatic hydroxyl groups is 1. The number of hydrogen-bond acceptors (Lipinski definition) is 5. The molecule has 4 heterocycles. The summed E-state index contributed by atoms with van der Waals surface area (Å²) in [7, 11) is -3.52. The van der Waals surface area contributed by atoms with E-state index in [2.05, 4.69) is 26.2 Å². The Morgan fingerprint density at radius 1 is 1.04 bits per heavy atom. The number of halogens is 2. The lowest BCUT2D eigenvalue weighted by Crippen LogP contribution is -2.48. The van der Waals surface area contributed by atoms with Gasteiger partial charge in [0.25, 0.3) is 5.91 Å². The number of hydrogen-bond donors (Lipinski definition) is 3. The average Bonchev–Trinajstić information content (AvgIpc) is 3.78. The number of amides is 3. The van der Waals surface area contributed by atoms with Crippen molar-refractivity contribution < 1.29 is 28.3 Å². The fourth-order valence-corrected chi connectivity index (χ4v) is 12.1. The Labute approximate surface area is 329 Å². The Morgan fingerprint density at radius 3 is 2.51 bits per heavy atom. The molecule has 0 saturated carbocycles. The molecule has 0 bridgehead atoms. The lowest BCUT2D eigenvalue weighted by Gasteiger charge is -2.37. The second kappa shape index (κ2) is 14.5. The first kappa shape index (κ1) is 37.3. The number of H-pyrrole nitrogens is 1. The van der Waals surface area contributed by atoms with Crippen molar-refractivity contribution in [2.24, 2.45) is 5.92 Å². The number of nitrogens with zero attached hydrogens (tertiary/aromatic N) is 2. The van der Waals surface area contributed by atoms with E-state index in [0.29, 0.717) is 29.9 Å². The second-order valence-electron chi connectivity index (χ2n) is 15.6. The van der Waals surface area contributed by atoms with Gasteiger partial charge in [-0.1, -0.05) is 77.5 Å². The van der Waals surface area contributed by atoms with Crippen molar-refractivity contribution >= 4 is 64.3 Å². The van der Waals surface area contributed by atoms with E-state index in [9.17, 15) is 19.5 Å². The monoisotopic (exact) mass is 822 g/mol. The van der Waals surface area contributed by atoms with Crippen molar-refractivity contribution in [2.45, 2.75) is 75.7 Å². The zero-order chi connectivity index (χ0) is 38.6. The molecule has 9 nitrogen and oxygen atoms in total. The molecule has 284 valence electrons. The summed E-state index contributed by atoms with van der Waals surface area (Å²) in [5, 5.41) is 14.3. The minimum atomic E-state index is -3.52. The number of rotatable bonds is 9. The molecule has 3 N–H and O–H groups in total. The van der Waals surface area contributed by atoms with Crippen LogP contribution in [0, 0.1) is 5.92 Å². The summed E-state index contributed by atoms with van der Waals surface area (Å²) >= 11 is 3.60. The van der Waals surface area contributed by atoms with E-state index in [1.165, 1.54) is 0 Å². The van der Waals surface area contributed by atoms with Crippen molar-refractivity contribution in [3.05, 3.63) is 129 Å². The molecule has 3 aliphatic heterocycles. The van der Waals surface area contributed by atoms with Gasteiger partial charge in [0.05, 0.1) is 43.8 Å². The highest BCUT2D eigenvalue weighted by Crippen LogP contribution is 2.60. The number of benzene rings is 4. The third-order valence-electron chi connectivity index (χ3n) is 11.8. The quantitative estimate of drug-likeness (QED) is 0.104. The van der Waals surface area contributed by atoms with Gasteiger partial charge in [-0.15, -0.1) is 0 Å². The molecule has 1 spiro atoms. The van der Waals surface area contributed by atoms with Gasteiger partial charge in [-0.2, -0.15) is 0 Å². The van der Waals surface area contributed by atoms with Crippen molar-refractivity contribution in [1.82, 2.24) is 9.88 Å². The summed E-state index contributed by atoms with van der Waals surface area (Å²) in [5.41, 5.74) is 4.68. The summed E-state index contributed by atoms with van der Waals surface area (Å²) in [5.74, 6) is -1.22. The molecular formula is C43H44BrFN4O5Si. The van der Waals surface area contributed by atoms with E-state index in [4.69, 9.17) is 4.74 Å². The Kier molecular flexibility index (Phi) is 9.81. The molecule has 4 aromatic carbocycles. The molecule has 1 fully saturated rings. The summed E-state index contributed by atoms with van der Waals surface area (Å²) in [6.07, 6.45) is 1.68. The number of ether oxygens (including phenoxy) is 1. The van der Waals surface area contributed by atoms with Crippen molar-refractivity contribution in [3.63, 3.8) is 0 Å². The van der Waals surface area contributed by atoms with Crippen molar-refractivity contribution in [2.75, 3.05) is 16.8 Å². The van der Waals surface area contributed by atoms with Crippen LogP contribution in [-0.4, -0.2) is 59.9 Å². The lowest BCUT2D eigenvalue weighted by atomic mass is 9.82. The molecule has 3 aliphatic rings. The summed E-state index contributed by atoms with van der Waals surface area (Å²) < 4.78 is 24.2. The van der Waals surface area contributed by atoms with Crippen LogP contribution in [0.1, 0.15) is 41.2 Å². The normalized spacial score (nSPS) is 23.3. The molecule has 1 saturated heterocycles. The molecule has 0 radical (unpaired) electrons. The first-order valence-electron chi connectivity index (χ1n) is 18.8. The maximum absolute atomic E-state index is 16.5. The summed E-state index contributed by atoms with van der Waals surface area (Å²) in [6.45, 7) is 5.53. The minimum Gasteiger partial charge on any atom is -0.394 e. The molecule has 0 aliphatic carbocycles. The Balaban J connectivity index is 1.03. The topological polar surface area (TPSA) is 115 Å². The minimum absolute atomic E-state index is 0.0973. The van der Waals surface area contributed by atoms with Crippen LogP contribution in [0.25, 0.3) is 10.9 Å². The molecule has 0 unspecified atom stereocenters. The van der Waals surface area contributed by atoms with Crippen LogP contribution in [0.4, 0.5) is 15.5 Å². The Hall–Kier alpha value is -4.62. The van der Waals surface area contributed by atoms with Crippen LogP contribution in [0.3, 0.4) is 0 Å². The van der Waals surface area contributed by atoms with Crippen molar-refractivity contribution in [3.8, 4) is 0 Å². The number of aromatic nitrogens is 1. The molecule has 12 heteroatoms. The molecule has 5 aromatic rings. The number of aromatic amines is 1. The van der Waals surface area contributed by atoms with Gasteiger partial charge in [0.1, 0.15) is 0 Å². The number of nitrogens with one attached hydrogen (secondary N) is 2. The van der Waals surface area contributed by atoms with Crippen LogP contribution in [-0.2, 0) is 50.7 Å². The predicted molar refractivity (Wildman–Crippen MR) is 217 cm³/mol. The highest BCUT2D eigenvalue weighted by Gasteiger charge is 2.67. The van der Waals surface area contributed by atoms with E-state index < -0.39 is 37.6 Å². The summed E-state index contributed by atoms with van der Waals surface area (Å²) in [4.78, 5) is 48.6. The van der Waals surface area contributed by atoms with Gasteiger partial charge in [0.2, 0.25) is 20.2 Å². The smallest absolute Gasteiger partial charge is 0.264 e. The first-order valence-corrected chi connectivity index (χ1v) is 22.5. The largest absolute Gasteiger partial charge is 0.394 e. The van der Waals surface area contributed by atoms with E-state index in [0.717, 1.165) is 37.6 Å². The Bertz CT molecular complexity index is 2290.